The molecule has 0 aliphatic heterocycles. The molecular weight excluding hydrogens is 383 g/mol. The van der Waals surface area contributed by atoms with E-state index in [4.69, 9.17) is 27.9 Å². The van der Waals surface area contributed by atoms with Crippen molar-refractivity contribution in [3.63, 3.8) is 0 Å². The minimum Gasteiger partial charge on any atom is -0.488 e. The highest BCUT2D eigenvalue weighted by Crippen LogP contribution is 2.24. The van der Waals surface area contributed by atoms with Crippen LogP contribution in [0.25, 0.3) is 0 Å². The fourth-order valence-corrected chi connectivity index (χ4v) is 2.80. The molecule has 4 nitrogen and oxygen atoms in total. The number of carbonyl (C=O) groups excluding carboxylic acids is 1. The van der Waals surface area contributed by atoms with Crippen molar-refractivity contribution in [1.29, 1.82) is 0 Å². The first-order valence-electron chi connectivity index (χ1n) is 8.17. The molecule has 0 spiro atoms. The maximum absolute atomic E-state index is 12.4. The number of nitrogens with one attached hydrogen (secondary N) is 1. The molecule has 0 aromatic heterocycles. The third-order valence-corrected chi connectivity index (χ3v) is 4.30. The average molecular weight is 399 g/mol. The van der Waals surface area contributed by atoms with Crippen molar-refractivity contribution in [2.24, 2.45) is 5.10 Å². The van der Waals surface area contributed by atoms with E-state index in [1.165, 1.54) is 0 Å². The molecule has 1 amide bonds. The van der Waals surface area contributed by atoms with Gasteiger partial charge in [-0.1, -0.05) is 71.7 Å². The fraction of sp³-hybridized carbons (Fsp3) is 0.0476. The van der Waals surface area contributed by atoms with E-state index in [0.29, 0.717) is 21.4 Å². The van der Waals surface area contributed by atoms with Gasteiger partial charge in [-0.25, -0.2) is 5.43 Å². The normalized spacial score (nSPS) is 10.7. The van der Waals surface area contributed by atoms with Crippen LogP contribution in [0.1, 0.15) is 21.5 Å². The molecular formula is C21H16Cl2N2O2. The van der Waals surface area contributed by atoms with Gasteiger partial charge < -0.3 is 4.74 Å². The van der Waals surface area contributed by atoms with Crippen LogP contribution in [-0.4, -0.2) is 12.1 Å². The molecule has 3 aromatic rings. The Hall–Kier alpha value is -2.82. The van der Waals surface area contributed by atoms with E-state index in [1.54, 1.807) is 48.7 Å². The Morgan fingerprint density at radius 3 is 2.52 bits per heavy atom. The number of nitrogens with zero attached hydrogens (tertiary/aromatic N) is 1. The topological polar surface area (TPSA) is 50.7 Å². The number of rotatable bonds is 6. The predicted molar refractivity (Wildman–Crippen MR) is 109 cm³/mol. The van der Waals surface area contributed by atoms with Crippen LogP contribution in [0, 0.1) is 0 Å². The lowest BCUT2D eigenvalue weighted by molar-refractivity contribution is 0.0950. The standard InChI is InChI=1S/C21H16Cl2N2O2/c22-17-11-10-16(19(23)12-17)14-27-20-9-5-4-8-18(20)21(26)25-24-13-15-6-2-1-3-7-15/h1-13H,14H2,(H,25,26)/b24-13+. The average Bonchev–Trinajstić information content (AvgIpc) is 2.68. The van der Waals surface area contributed by atoms with Gasteiger partial charge in [0.15, 0.2) is 0 Å². The number of ether oxygens (including phenoxy) is 1. The lowest BCUT2D eigenvalue weighted by Crippen LogP contribution is -2.18. The minimum atomic E-state index is -0.361. The van der Waals surface area contributed by atoms with E-state index in [9.17, 15) is 4.79 Å². The summed E-state index contributed by atoms with van der Waals surface area (Å²) in [5.74, 6) is 0.0795. The summed E-state index contributed by atoms with van der Waals surface area (Å²) in [4.78, 5) is 12.4. The van der Waals surface area contributed by atoms with Gasteiger partial charge in [0.1, 0.15) is 12.4 Å². The van der Waals surface area contributed by atoms with Crippen LogP contribution in [0.3, 0.4) is 0 Å². The summed E-state index contributed by atoms with van der Waals surface area (Å²) in [6, 6.07) is 21.6. The molecule has 27 heavy (non-hydrogen) atoms. The second-order valence-electron chi connectivity index (χ2n) is 5.63. The van der Waals surface area contributed by atoms with E-state index in [-0.39, 0.29) is 12.5 Å². The first kappa shape index (κ1) is 19.0. The van der Waals surface area contributed by atoms with Crippen LogP contribution in [0.5, 0.6) is 5.75 Å². The van der Waals surface area contributed by atoms with Gasteiger partial charge in [0.2, 0.25) is 0 Å². The Kier molecular flexibility index (Phi) is 6.47. The van der Waals surface area contributed by atoms with Crippen LogP contribution < -0.4 is 10.2 Å². The second kappa shape index (κ2) is 9.21. The maximum atomic E-state index is 12.4. The highest BCUT2D eigenvalue weighted by molar-refractivity contribution is 6.35. The molecule has 6 heteroatoms. The number of hydrazone groups is 1. The van der Waals surface area contributed by atoms with Crippen LogP contribution in [0.2, 0.25) is 10.0 Å². The Labute approximate surface area is 167 Å². The first-order valence-corrected chi connectivity index (χ1v) is 8.93. The highest BCUT2D eigenvalue weighted by atomic mass is 35.5. The van der Waals surface area contributed by atoms with E-state index in [2.05, 4.69) is 10.5 Å². The molecule has 0 heterocycles. The van der Waals surface area contributed by atoms with Crippen molar-refractivity contribution in [2.45, 2.75) is 6.61 Å². The Morgan fingerprint density at radius 2 is 1.74 bits per heavy atom. The van der Waals surface area contributed by atoms with Crippen molar-refractivity contribution in [3.05, 3.63) is 99.5 Å². The van der Waals surface area contributed by atoms with Crippen molar-refractivity contribution < 1.29 is 9.53 Å². The number of carbonyl (C=O) groups is 1. The summed E-state index contributed by atoms with van der Waals surface area (Å²) in [6.07, 6.45) is 1.58. The van der Waals surface area contributed by atoms with Crippen LogP contribution in [0.4, 0.5) is 0 Å². The predicted octanol–water partition coefficient (Wildman–Crippen LogP) is 5.34. The van der Waals surface area contributed by atoms with Gasteiger partial charge in [-0.05, 0) is 29.8 Å². The molecule has 0 unspecified atom stereocenters. The summed E-state index contributed by atoms with van der Waals surface area (Å²) >= 11 is 12.1. The molecule has 0 aliphatic carbocycles. The zero-order valence-corrected chi connectivity index (χ0v) is 15.7. The smallest absolute Gasteiger partial charge is 0.275 e. The van der Waals surface area contributed by atoms with Crippen LogP contribution >= 0.6 is 23.2 Å². The van der Waals surface area contributed by atoms with Gasteiger partial charge in [-0.3, -0.25) is 4.79 Å². The van der Waals surface area contributed by atoms with Gasteiger partial charge in [0.25, 0.3) is 5.91 Å². The zero-order chi connectivity index (χ0) is 19.1. The van der Waals surface area contributed by atoms with Gasteiger partial charge in [0, 0.05) is 15.6 Å². The molecule has 0 radical (unpaired) electrons. The summed E-state index contributed by atoms with van der Waals surface area (Å²) in [7, 11) is 0. The molecule has 0 saturated carbocycles. The van der Waals surface area contributed by atoms with Crippen molar-refractivity contribution in [2.75, 3.05) is 0 Å². The monoisotopic (exact) mass is 398 g/mol. The van der Waals surface area contributed by atoms with E-state index < -0.39 is 0 Å². The molecule has 1 N–H and O–H groups in total. The Balaban J connectivity index is 1.67. The van der Waals surface area contributed by atoms with Crippen molar-refractivity contribution in [3.8, 4) is 5.75 Å². The van der Waals surface area contributed by atoms with Crippen LogP contribution in [-0.2, 0) is 6.61 Å². The SMILES string of the molecule is O=C(N/N=C/c1ccccc1)c1ccccc1OCc1ccc(Cl)cc1Cl. The van der Waals surface area contributed by atoms with Gasteiger partial charge in [-0.15, -0.1) is 0 Å². The van der Waals surface area contributed by atoms with Gasteiger partial charge in [-0.2, -0.15) is 5.10 Å². The summed E-state index contributed by atoms with van der Waals surface area (Å²) in [6.45, 7) is 0.216. The molecule has 0 fully saturated rings. The summed E-state index contributed by atoms with van der Waals surface area (Å²) < 4.78 is 5.79. The molecule has 0 bridgehead atoms. The maximum Gasteiger partial charge on any atom is 0.275 e. The van der Waals surface area contributed by atoms with Gasteiger partial charge in [0.05, 0.1) is 11.8 Å². The third-order valence-electron chi connectivity index (χ3n) is 3.71. The lowest BCUT2D eigenvalue weighted by Gasteiger charge is -2.11. The number of para-hydroxylation sites is 1. The molecule has 0 aliphatic rings. The number of hydrogen-bond acceptors (Lipinski definition) is 3. The van der Waals surface area contributed by atoms with E-state index >= 15 is 0 Å². The number of halogens is 2. The minimum absolute atomic E-state index is 0.216. The molecule has 136 valence electrons. The fourth-order valence-electron chi connectivity index (χ4n) is 2.34. The first-order chi connectivity index (χ1) is 13.1. The quantitative estimate of drug-likeness (QED) is 0.450. The highest BCUT2D eigenvalue weighted by Gasteiger charge is 2.12. The Morgan fingerprint density at radius 1 is 1.00 bits per heavy atom. The second-order valence-corrected chi connectivity index (χ2v) is 6.47. The van der Waals surface area contributed by atoms with E-state index in [0.717, 1.165) is 11.1 Å². The van der Waals surface area contributed by atoms with Crippen LogP contribution in [0.15, 0.2) is 77.9 Å². The largest absolute Gasteiger partial charge is 0.488 e. The number of benzene rings is 3. The lowest BCUT2D eigenvalue weighted by atomic mass is 10.2. The van der Waals surface area contributed by atoms with Crippen molar-refractivity contribution in [1.82, 2.24) is 5.43 Å². The molecule has 3 aromatic carbocycles. The molecule has 0 atom stereocenters. The number of hydrogen-bond donors (Lipinski definition) is 1. The Bertz CT molecular complexity index is 959. The summed E-state index contributed by atoms with van der Waals surface area (Å²) in [5, 5.41) is 5.05. The third kappa shape index (κ3) is 5.33. The molecule has 0 saturated heterocycles. The summed E-state index contributed by atoms with van der Waals surface area (Å²) in [5.41, 5.74) is 4.56. The molecule has 3 rings (SSSR count). The van der Waals surface area contributed by atoms with Crippen molar-refractivity contribution >= 4 is 35.3 Å². The van der Waals surface area contributed by atoms with Gasteiger partial charge >= 0.3 is 0 Å². The zero-order valence-electron chi connectivity index (χ0n) is 14.2. The van der Waals surface area contributed by atoms with E-state index in [1.807, 2.05) is 30.3 Å². The number of amides is 1.